The van der Waals surface area contributed by atoms with Gasteiger partial charge in [-0.15, -0.1) is 0 Å². The summed E-state index contributed by atoms with van der Waals surface area (Å²) in [5, 5.41) is 22.8. The van der Waals surface area contributed by atoms with Crippen molar-refractivity contribution in [1.82, 2.24) is 0 Å². The molecular weight excluding hydrogens is 384 g/mol. The highest BCUT2D eigenvalue weighted by Crippen LogP contribution is 2.49. The number of benzene rings is 2. The van der Waals surface area contributed by atoms with Gasteiger partial charge in [0, 0.05) is 20.6 Å². The van der Waals surface area contributed by atoms with Gasteiger partial charge in [0.2, 0.25) is 0 Å². The summed E-state index contributed by atoms with van der Waals surface area (Å²) < 4.78 is 22.9. The third-order valence-corrected chi connectivity index (χ3v) is 6.23. The summed E-state index contributed by atoms with van der Waals surface area (Å²) in [6.07, 6.45) is -1.22. The Morgan fingerprint density at radius 1 is 0.967 bits per heavy atom. The van der Waals surface area contributed by atoms with E-state index in [1.54, 1.807) is 14.2 Å². The average Bonchev–Trinajstić information content (AvgIpc) is 3.59. The van der Waals surface area contributed by atoms with Crippen LogP contribution in [-0.2, 0) is 18.9 Å². The van der Waals surface area contributed by atoms with Gasteiger partial charge < -0.3 is 29.2 Å². The molecule has 1 aliphatic heterocycles. The molecule has 1 saturated carbocycles. The molecule has 2 aromatic rings. The van der Waals surface area contributed by atoms with E-state index in [0.717, 1.165) is 17.5 Å². The quantitative estimate of drug-likeness (QED) is 0.485. The van der Waals surface area contributed by atoms with Crippen molar-refractivity contribution >= 4 is 0 Å². The maximum absolute atomic E-state index is 11.6. The van der Waals surface area contributed by atoms with Crippen LogP contribution >= 0.6 is 0 Å². The van der Waals surface area contributed by atoms with Crippen LogP contribution in [0.15, 0.2) is 60.7 Å². The van der Waals surface area contributed by atoms with Gasteiger partial charge in [0.25, 0.3) is 0 Å². The minimum atomic E-state index is -1.26. The van der Waals surface area contributed by atoms with Gasteiger partial charge in [-0.1, -0.05) is 60.7 Å². The number of fused-ring (bicyclic) bond motifs is 1. The van der Waals surface area contributed by atoms with Gasteiger partial charge in [0.1, 0.15) is 23.9 Å². The van der Waals surface area contributed by atoms with Gasteiger partial charge in [-0.2, -0.15) is 0 Å². The summed E-state index contributed by atoms with van der Waals surface area (Å²) in [6, 6.07) is 19.1. The summed E-state index contributed by atoms with van der Waals surface area (Å²) in [5.74, 6) is 0. The Hall–Kier alpha value is -1.80. The molecule has 2 aliphatic rings. The lowest BCUT2D eigenvalue weighted by Gasteiger charge is -2.41. The SMILES string of the molecule is COC(C[C@@]1(O)[C@@H](O[C@H](c2ccccc2)[C@H](O)c2ccccc2)CC[C@@H]2O[C@@H]21)OC. The van der Waals surface area contributed by atoms with Crippen molar-refractivity contribution in [1.29, 1.82) is 0 Å². The lowest BCUT2D eigenvalue weighted by molar-refractivity contribution is -0.211. The molecule has 0 unspecified atom stereocenters. The van der Waals surface area contributed by atoms with E-state index in [1.807, 2.05) is 60.7 Å². The van der Waals surface area contributed by atoms with E-state index in [0.29, 0.717) is 6.42 Å². The lowest BCUT2D eigenvalue weighted by Crippen LogP contribution is -2.54. The molecule has 0 aromatic heterocycles. The monoisotopic (exact) mass is 414 g/mol. The second-order valence-corrected chi connectivity index (χ2v) is 8.08. The van der Waals surface area contributed by atoms with Crippen molar-refractivity contribution in [2.24, 2.45) is 0 Å². The number of epoxide rings is 1. The first-order chi connectivity index (χ1) is 14.6. The van der Waals surface area contributed by atoms with Crippen molar-refractivity contribution in [3.05, 3.63) is 71.8 Å². The number of hydrogen-bond acceptors (Lipinski definition) is 6. The molecule has 0 spiro atoms. The van der Waals surface area contributed by atoms with Gasteiger partial charge in [-0.3, -0.25) is 0 Å². The summed E-state index contributed by atoms with van der Waals surface area (Å²) in [6.45, 7) is 0. The second kappa shape index (κ2) is 9.14. The third-order valence-electron chi connectivity index (χ3n) is 6.23. The first-order valence-corrected chi connectivity index (χ1v) is 10.4. The molecule has 0 bridgehead atoms. The van der Waals surface area contributed by atoms with Crippen molar-refractivity contribution in [2.75, 3.05) is 14.2 Å². The van der Waals surface area contributed by atoms with Gasteiger partial charge >= 0.3 is 0 Å². The van der Waals surface area contributed by atoms with Crippen LogP contribution in [-0.4, -0.2) is 54.6 Å². The van der Waals surface area contributed by atoms with Crippen LogP contribution in [0, 0.1) is 0 Å². The second-order valence-electron chi connectivity index (χ2n) is 8.08. The van der Waals surface area contributed by atoms with Crippen LogP contribution in [0.2, 0.25) is 0 Å². The third kappa shape index (κ3) is 4.30. The first-order valence-electron chi connectivity index (χ1n) is 10.4. The molecule has 6 nitrogen and oxygen atoms in total. The van der Waals surface area contributed by atoms with Crippen LogP contribution in [0.1, 0.15) is 42.6 Å². The molecule has 6 atom stereocenters. The molecule has 2 N–H and O–H groups in total. The van der Waals surface area contributed by atoms with E-state index >= 15 is 0 Å². The summed E-state index contributed by atoms with van der Waals surface area (Å²) in [5.41, 5.74) is 0.353. The summed E-state index contributed by atoms with van der Waals surface area (Å²) in [7, 11) is 3.10. The Balaban J connectivity index is 1.62. The Morgan fingerprint density at radius 3 is 2.17 bits per heavy atom. The molecule has 1 heterocycles. The zero-order chi connectivity index (χ0) is 21.1. The number of aliphatic hydroxyl groups excluding tert-OH is 1. The Labute approximate surface area is 177 Å². The maximum atomic E-state index is 11.6. The number of aliphatic hydroxyl groups is 2. The van der Waals surface area contributed by atoms with Gasteiger partial charge in [-0.25, -0.2) is 0 Å². The zero-order valence-corrected chi connectivity index (χ0v) is 17.4. The van der Waals surface area contributed by atoms with Crippen LogP contribution in [0.5, 0.6) is 0 Å². The minimum absolute atomic E-state index is 0.0402. The maximum Gasteiger partial charge on any atom is 0.159 e. The van der Waals surface area contributed by atoms with Crippen molar-refractivity contribution in [3.63, 3.8) is 0 Å². The molecule has 0 radical (unpaired) electrons. The lowest BCUT2D eigenvalue weighted by atomic mass is 9.79. The van der Waals surface area contributed by atoms with Crippen molar-refractivity contribution in [2.45, 2.75) is 61.7 Å². The molecule has 6 heteroatoms. The zero-order valence-electron chi connectivity index (χ0n) is 17.4. The van der Waals surface area contributed by atoms with Crippen molar-refractivity contribution < 1.29 is 29.2 Å². The van der Waals surface area contributed by atoms with Crippen LogP contribution in [0.3, 0.4) is 0 Å². The number of ether oxygens (including phenoxy) is 4. The Morgan fingerprint density at radius 2 is 1.57 bits per heavy atom. The fraction of sp³-hybridized carbons (Fsp3) is 0.500. The summed E-state index contributed by atoms with van der Waals surface area (Å²) >= 11 is 0. The van der Waals surface area contributed by atoms with E-state index in [9.17, 15) is 10.2 Å². The number of methoxy groups -OCH3 is 2. The van der Waals surface area contributed by atoms with E-state index in [2.05, 4.69) is 0 Å². The predicted molar refractivity (Wildman–Crippen MR) is 111 cm³/mol. The molecule has 2 fully saturated rings. The Bertz CT molecular complexity index is 796. The molecule has 162 valence electrons. The molecular formula is C24H30O6. The van der Waals surface area contributed by atoms with Gasteiger partial charge in [-0.05, 0) is 24.0 Å². The smallest absolute Gasteiger partial charge is 0.159 e. The first kappa shape index (κ1) is 21.4. The van der Waals surface area contributed by atoms with E-state index in [-0.39, 0.29) is 18.6 Å². The highest BCUT2D eigenvalue weighted by Gasteiger charge is 2.62. The average molecular weight is 414 g/mol. The Kier molecular flexibility index (Phi) is 6.53. The topological polar surface area (TPSA) is 80.7 Å². The van der Waals surface area contributed by atoms with E-state index < -0.39 is 30.2 Å². The largest absolute Gasteiger partial charge is 0.385 e. The molecule has 2 aromatic carbocycles. The number of rotatable bonds is 9. The van der Waals surface area contributed by atoms with Crippen molar-refractivity contribution in [3.8, 4) is 0 Å². The fourth-order valence-electron chi connectivity index (χ4n) is 4.49. The fourth-order valence-corrected chi connectivity index (χ4v) is 4.49. The standard InChI is InChI=1S/C24H30O6/c1-27-20(28-2)15-24(26)19(14-13-18-23(24)29-18)30-22(17-11-7-4-8-12-17)21(25)16-9-5-3-6-10-16/h3-12,18-23,25-26H,13-15H2,1-2H3/t18-,19-,21+,22+,23-,24+/m0/s1. The van der Waals surface area contributed by atoms with Crippen LogP contribution < -0.4 is 0 Å². The van der Waals surface area contributed by atoms with Gasteiger partial charge in [0.15, 0.2) is 6.29 Å². The number of hydrogen-bond donors (Lipinski definition) is 2. The summed E-state index contributed by atoms with van der Waals surface area (Å²) in [4.78, 5) is 0. The minimum Gasteiger partial charge on any atom is -0.385 e. The van der Waals surface area contributed by atoms with E-state index in [4.69, 9.17) is 18.9 Å². The highest BCUT2D eigenvalue weighted by atomic mass is 16.7. The van der Waals surface area contributed by atoms with E-state index in [1.165, 1.54) is 0 Å². The molecule has 0 amide bonds. The van der Waals surface area contributed by atoms with Crippen LogP contribution in [0.4, 0.5) is 0 Å². The predicted octanol–water partition coefficient (Wildman–Crippen LogP) is 3.15. The molecule has 1 saturated heterocycles. The molecule has 4 rings (SSSR count). The van der Waals surface area contributed by atoms with Gasteiger partial charge in [0.05, 0.1) is 12.2 Å². The molecule has 30 heavy (non-hydrogen) atoms. The highest BCUT2D eigenvalue weighted by molar-refractivity contribution is 5.25. The normalized spacial score (nSPS) is 30.0. The van der Waals surface area contributed by atoms with Crippen LogP contribution in [0.25, 0.3) is 0 Å². The molecule has 1 aliphatic carbocycles.